The summed E-state index contributed by atoms with van der Waals surface area (Å²) in [4.78, 5) is 16.4. The molecule has 0 spiro atoms. The fourth-order valence-corrected chi connectivity index (χ4v) is 4.67. The van der Waals surface area contributed by atoms with Gasteiger partial charge >= 0.3 is 0 Å². The van der Waals surface area contributed by atoms with Crippen molar-refractivity contribution in [3.8, 4) is 11.4 Å². The standard InChI is InChI=1S/C19H24N6OS/c1-3-14(15-12-27-19(23-15)24-18-20-7-2-8-21-18)22-17(4-1)25-9-5-13-6-10-26-16(13)11-25/h1,3-4,12-13,16H,2,5-11H2,(H2,20,21,23,24)/t13-,16-/m1/s1. The van der Waals surface area contributed by atoms with Gasteiger partial charge in [-0.1, -0.05) is 6.07 Å². The van der Waals surface area contributed by atoms with Gasteiger partial charge in [0.15, 0.2) is 11.1 Å². The van der Waals surface area contributed by atoms with Crippen LogP contribution in [0, 0.1) is 5.92 Å². The number of nitrogens with one attached hydrogen (secondary N) is 2. The van der Waals surface area contributed by atoms with E-state index in [4.69, 9.17) is 14.7 Å². The zero-order valence-corrected chi connectivity index (χ0v) is 16.0. The molecule has 2 N–H and O–H groups in total. The molecule has 2 fully saturated rings. The van der Waals surface area contributed by atoms with Crippen molar-refractivity contribution >= 4 is 28.2 Å². The summed E-state index contributed by atoms with van der Waals surface area (Å²) >= 11 is 1.58. The van der Waals surface area contributed by atoms with Crippen molar-refractivity contribution in [3.63, 3.8) is 0 Å². The Morgan fingerprint density at radius 1 is 1.22 bits per heavy atom. The predicted molar refractivity (Wildman–Crippen MR) is 109 cm³/mol. The second kappa shape index (κ2) is 7.44. The van der Waals surface area contributed by atoms with Crippen LogP contribution in [0.4, 0.5) is 10.9 Å². The van der Waals surface area contributed by atoms with Crippen molar-refractivity contribution in [2.45, 2.75) is 25.4 Å². The minimum atomic E-state index is 0.364. The van der Waals surface area contributed by atoms with Crippen LogP contribution < -0.4 is 15.5 Å². The number of guanidine groups is 1. The zero-order valence-electron chi connectivity index (χ0n) is 15.2. The molecule has 5 rings (SSSR count). The van der Waals surface area contributed by atoms with Crippen LogP contribution >= 0.6 is 11.3 Å². The maximum Gasteiger partial charge on any atom is 0.197 e. The van der Waals surface area contributed by atoms with Crippen molar-refractivity contribution in [3.05, 3.63) is 23.6 Å². The summed E-state index contributed by atoms with van der Waals surface area (Å²) in [6, 6.07) is 6.18. The fraction of sp³-hybridized carbons (Fsp3) is 0.526. The number of ether oxygens (including phenoxy) is 1. The largest absolute Gasteiger partial charge is 0.376 e. The summed E-state index contributed by atoms with van der Waals surface area (Å²) in [5.74, 6) is 2.55. The Balaban J connectivity index is 1.31. The number of thiazole rings is 1. The molecule has 3 aliphatic heterocycles. The number of aromatic nitrogens is 2. The first-order valence-electron chi connectivity index (χ1n) is 9.70. The summed E-state index contributed by atoms with van der Waals surface area (Å²) < 4.78 is 5.89. The van der Waals surface area contributed by atoms with E-state index >= 15 is 0 Å². The van der Waals surface area contributed by atoms with Gasteiger partial charge in [0.25, 0.3) is 0 Å². The Morgan fingerprint density at radius 2 is 2.22 bits per heavy atom. The molecule has 5 heterocycles. The van der Waals surface area contributed by atoms with Crippen LogP contribution in [0.1, 0.15) is 19.3 Å². The van der Waals surface area contributed by atoms with Crippen molar-refractivity contribution in [1.82, 2.24) is 15.3 Å². The number of hydrogen-bond acceptors (Lipinski definition) is 8. The number of rotatable bonds is 3. The molecule has 2 atom stereocenters. The lowest BCUT2D eigenvalue weighted by atomic mass is 9.93. The van der Waals surface area contributed by atoms with Gasteiger partial charge in [0.1, 0.15) is 11.5 Å². The van der Waals surface area contributed by atoms with Crippen LogP contribution in [0.15, 0.2) is 28.6 Å². The van der Waals surface area contributed by atoms with Crippen molar-refractivity contribution in [1.29, 1.82) is 0 Å². The van der Waals surface area contributed by atoms with Gasteiger partial charge in [0.05, 0.1) is 11.8 Å². The number of nitrogens with zero attached hydrogens (tertiary/aromatic N) is 4. The Bertz CT molecular complexity index is 837. The average Bonchev–Trinajstić information content (AvgIpc) is 3.38. The molecule has 0 unspecified atom stereocenters. The lowest BCUT2D eigenvalue weighted by molar-refractivity contribution is 0.0844. The van der Waals surface area contributed by atoms with Crippen LogP contribution in [0.5, 0.6) is 0 Å². The minimum absolute atomic E-state index is 0.364. The molecule has 3 aliphatic rings. The second-order valence-corrected chi connectivity index (χ2v) is 8.11. The van der Waals surface area contributed by atoms with Crippen molar-refractivity contribution in [2.24, 2.45) is 10.9 Å². The van der Waals surface area contributed by atoms with Gasteiger partial charge in [0, 0.05) is 38.2 Å². The lowest BCUT2D eigenvalue weighted by Crippen LogP contribution is -2.42. The van der Waals surface area contributed by atoms with E-state index in [1.807, 2.05) is 11.4 Å². The number of anilines is 2. The summed E-state index contributed by atoms with van der Waals surface area (Å²) in [5, 5.41) is 9.41. The third kappa shape index (κ3) is 3.64. The van der Waals surface area contributed by atoms with Gasteiger partial charge < -0.3 is 20.3 Å². The Hall–Kier alpha value is -2.19. The van der Waals surface area contributed by atoms with Crippen LogP contribution in [0.25, 0.3) is 11.4 Å². The van der Waals surface area contributed by atoms with Crippen molar-refractivity contribution < 1.29 is 4.74 Å². The third-order valence-electron chi connectivity index (χ3n) is 5.46. The van der Waals surface area contributed by atoms with Crippen LogP contribution in [0.3, 0.4) is 0 Å². The second-order valence-electron chi connectivity index (χ2n) is 7.25. The molecule has 0 aliphatic carbocycles. The molecular weight excluding hydrogens is 360 g/mol. The molecular formula is C19H24N6OS. The molecule has 2 saturated heterocycles. The molecule has 0 saturated carbocycles. The molecule has 0 bridgehead atoms. The number of fused-ring (bicyclic) bond motifs is 1. The first-order chi connectivity index (χ1) is 13.3. The highest BCUT2D eigenvalue weighted by molar-refractivity contribution is 7.14. The number of pyridine rings is 1. The SMILES string of the molecule is c1cc(-c2csc(NC3=NCCCN3)n2)nc(N2CC[C@@H]3CCO[C@@H]3C2)c1. The molecule has 27 heavy (non-hydrogen) atoms. The van der Waals surface area contributed by atoms with E-state index in [-0.39, 0.29) is 0 Å². The number of piperidine rings is 1. The van der Waals surface area contributed by atoms with Gasteiger partial charge in [-0.3, -0.25) is 4.99 Å². The monoisotopic (exact) mass is 384 g/mol. The van der Waals surface area contributed by atoms with Crippen LogP contribution in [-0.2, 0) is 4.74 Å². The third-order valence-corrected chi connectivity index (χ3v) is 6.22. The van der Waals surface area contributed by atoms with E-state index in [0.717, 1.165) is 73.4 Å². The summed E-state index contributed by atoms with van der Waals surface area (Å²) in [7, 11) is 0. The van der Waals surface area contributed by atoms with E-state index in [1.165, 1.54) is 12.8 Å². The van der Waals surface area contributed by atoms with E-state index in [2.05, 4.69) is 32.7 Å². The normalized spacial score (nSPS) is 24.9. The average molecular weight is 385 g/mol. The fourth-order valence-electron chi connectivity index (χ4n) is 3.97. The minimum Gasteiger partial charge on any atom is -0.376 e. The first-order valence-corrected chi connectivity index (χ1v) is 10.6. The first kappa shape index (κ1) is 16.9. The lowest BCUT2D eigenvalue weighted by Gasteiger charge is -2.35. The quantitative estimate of drug-likeness (QED) is 0.847. The van der Waals surface area contributed by atoms with Crippen molar-refractivity contribution in [2.75, 3.05) is 43.0 Å². The predicted octanol–water partition coefficient (Wildman–Crippen LogP) is 2.58. The van der Waals surface area contributed by atoms with Crippen LogP contribution in [0.2, 0.25) is 0 Å². The molecule has 2 aromatic rings. The summed E-state index contributed by atoms with van der Waals surface area (Å²) in [5.41, 5.74) is 1.80. The molecule has 2 aromatic heterocycles. The van der Waals surface area contributed by atoms with E-state index < -0.39 is 0 Å². The molecule has 142 valence electrons. The smallest absolute Gasteiger partial charge is 0.197 e. The maximum absolute atomic E-state index is 5.89. The van der Waals surface area contributed by atoms with Gasteiger partial charge in [-0.2, -0.15) is 0 Å². The number of hydrogen-bond donors (Lipinski definition) is 2. The Labute approximate surface area is 162 Å². The highest BCUT2D eigenvalue weighted by atomic mass is 32.1. The molecule has 0 radical (unpaired) electrons. The van der Waals surface area contributed by atoms with Gasteiger partial charge in [-0.15, -0.1) is 11.3 Å². The number of aliphatic imine (C=N–C) groups is 1. The molecule has 8 heteroatoms. The summed E-state index contributed by atoms with van der Waals surface area (Å²) in [6.45, 7) is 4.71. The van der Waals surface area contributed by atoms with E-state index in [0.29, 0.717) is 6.10 Å². The van der Waals surface area contributed by atoms with E-state index in [1.54, 1.807) is 11.3 Å². The van der Waals surface area contributed by atoms with Crippen LogP contribution in [-0.4, -0.2) is 54.8 Å². The highest BCUT2D eigenvalue weighted by Gasteiger charge is 2.34. The maximum atomic E-state index is 5.89. The van der Waals surface area contributed by atoms with Gasteiger partial charge in [-0.05, 0) is 37.3 Å². The van der Waals surface area contributed by atoms with Gasteiger partial charge in [0.2, 0.25) is 0 Å². The zero-order chi connectivity index (χ0) is 18.1. The highest BCUT2D eigenvalue weighted by Crippen LogP contribution is 2.32. The van der Waals surface area contributed by atoms with E-state index in [9.17, 15) is 0 Å². The molecule has 0 aromatic carbocycles. The topological polar surface area (TPSA) is 74.7 Å². The summed E-state index contributed by atoms with van der Waals surface area (Å²) in [6.07, 6.45) is 3.84. The Morgan fingerprint density at radius 3 is 3.15 bits per heavy atom. The molecule has 7 nitrogen and oxygen atoms in total. The Kier molecular flexibility index (Phi) is 4.67. The van der Waals surface area contributed by atoms with Gasteiger partial charge in [-0.25, -0.2) is 9.97 Å². The molecule has 0 amide bonds.